The number of amides is 1. The first-order valence-electron chi connectivity index (χ1n) is 7.07. The molecule has 3 heteroatoms. The van der Waals surface area contributed by atoms with Gasteiger partial charge in [-0.1, -0.05) is 43.7 Å². The average Bonchev–Trinajstić information content (AvgIpc) is 2.45. The Bertz CT molecular complexity index is 360. The maximum atomic E-state index is 12.1. The van der Waals surface area contributed by atoms with Crippen molar-refractivity contribution in [3.05, 3.63) is 35.9 Å². The zero-order valence-corrected chi connectivity index (χ0v) is 12.6. The molecule has 0 aliphatic carbocycles. The number of hydrogen-bond donors (Lipinski definition) is 1. The van der Waals surface area contributed by atoms with Gasteiger partial charge in [0.15, 0.2) is 0 Å². The number of carbonyl (C=O) groups is 1. The van der Waals surface area contributed by atoms with E-state index < -0.39 is 0 Å². The number of halogens is 1. The molecule has 0 radical (unpaired) electrons. The van der Waals surface area contributed by atoms with Crippen LogP contribution in [0.3, 0.4) is 0 Å². The second kappa shape index (κ2) is 8.98. The van der Waals surface area contributed by atoms with Crippen molar-refractivity contribution in [2.75, 3.05) is 12.4 Å². The molecule has 1 aromatic carbocycles. The smallest absolute Gasteiger partial charge is 0.227 e. The van der Waals surface area contributed by atoms with Crippen molar-refractivity contribution in [1.82, 2.24) is 5.32 Å². The van der Waals surface area contributed by atoms with E-state index in [9.17, 15) is 4.79 Å². The second-order valence-corrected chi connectivity index (χ2v) is 5.39. The Morgan fingerprint density at radius 2 is 1.95 bits per heavy atom. The Hall–Kier alpha value is -1.02. The van der Waals surface area contributed by atoms with E-state index >= 15 is 0 Å². The van der Waals surface area contributed by atoms with Gasteiger partial charge in [0.05, 0.1) is 5.92 Å². The predicted molar refractivity (Wildman–Crippen MR) is 81.6 cm³/mol. The molecule has 2 unspecified atom stereocenters. The molecule has 0 aromatic heterocycles. The number of benzene rings is 1. The molecule has 1 N–H and O–H groups in total. The highest BCUT2D eigenvalue weighted by Crippen LogP contribution is 2.16. The van der Waals surface area contributed by atoms with E-state index in [4.69, 9.17) is 11.6 Å². The standard InChI is InChI=1S/C16H24ClNO/c1-3-7-14(10-11-17)12-18-16(19)13(2)15-8-5-4-6-9-15/h4-6,8-9,13-14H,3,7,10-12H2,1-2H3,(H,18,19). The molecular weight excluding hydrogens is 258 g/mol. The third kappa shape index (κ3) is 5.65. The van der Waals surface area contributed by atoms with Crippen LogP contribution < -0.4 is 5.32 Å². The first-order valence-corrected chi connectivity index (χ1v) is 7.61. The van der Waals surface area contributed by atoms with Gasteiger partial charge in [0.2, 0.25) is 5.91 Å². The number of nitrogens with one attached hydrogen (secondary N) is 1. The van der Waals surface area contributed by atoms with Gasteiger partial charge in [-0.25, -0.2) is 0 Å². The molecule has 0 aliphatic rings. The number of carbonyl (C=O) groups excluding carboxylic acids is 1. The van der Waals surface area contributed by atoms with Crippen molar-refractivity contribution in [2.24, 2.45) is 5.92 Å². The molecule has 0 saturated heterocycles. The Morgan fingerprint density at radius 3 is 2.53 bits per heavy atom. The van der Waals surface area contributed by atoms with Crippen molar-refractivity contribution in [3.8, 4) is 0 Å². The van der Waals surface area contributed by atoms with E-state index in [0.717, 1.165) is 31.4 Å². The van der Waals surface area contributed by atoms with Crippen LogP contribution in [0.5, 0.6) is 0 Å². The highest BCUT2D eigenvalue weighted by molar-refractivity contribution is 6.17. The fourth-order valence-corrected chi connectivity index (χ4v) is 2.51. The summed E-state index contributed by atoms with van der Waals surface area (Å²) in [4.78, 5) is 12.1. The molecule has 0 saturated carbocycles. The minimum Gasteiger partial charge on any atom is -0.355 e. The monoisotopic (exact) mass is 281 g/mol. The molecule has 1 aromatic rings. The first-order chi connectivity index (χ1) is 9.19. The maximum absolute atomic E-state index is 12.1. The minimum atomic E-state index is -0.0977. The van der Waals surface area contributed by atoms with Crippen LogP contribution in [-0.4, -0.2) is 18.3 Å². The first kappa shape index (κ1) is 16.0. The van der Waals surface area contributed by atoms with E-state index in [-0.39, 0.29) is 11.8 Å². The number of rotatable bonds is 8. The topological polar surface area (TPSA) is 29.1 Å². The Balaban J connectivity index is 2.45. The molecule has 0 fully saturated rings. The molecule has 1 amide bonds. The maximum Gasteiger partial charge on any atom is 0.227 e. The second-order valence-electron chi connectivity index (χ2n) is 5.01. The summed E-state index contributed by atoms with van der Waals surface area (Å²) in [7, 11) is 0. The quantitative estimate of drug-likeness (QED) is 0.718. The van der Waals surface area contributed by atoms with Crippen LogP contribution in [-0.2, 0) is 4.79 Å². The van der Waals surface area contributed by atoms with Gasteiger partial charge in [-0.2, -0.15) is 0 Å². The van der Waals surface area contributed by atoms with Gasteiger partial charge in [-0.3, -0.25) is 4.79 Å². The molecule has 2 nitrogen and oxygen atoms in total. The molecule has 19 heavy (non-hydrogen) atoms. The minimum absolute atomic E-state index is 0.0977. The molecule has 106 valence electrons. The lowest BCUT2D eigenvalue weighted by Gasteiger charge is -2.18. The van der Waals surface area contributed by atoms with Crippen LogP contribution in [0.1, 0.15) is 44.6 Å². The van der Waals surface area contributed by atoms with Gasteiger partial charge in [0.25, 0.3) is 0 Å². The molecule has 1 rings (SSSR count). The lowest BCUT2D eigenvalue weighted by Crippen LogP contribution is -2.32. The molecule has 0 spiro atoms. The van der Waals surface area contributed by atoms with Gasteiger partial charge in [0, 0.05) is 12.4 Å². The lowest BCUT2D eigenvalue weighted by atomic mass is 9.98. The Morgan fingerprint density at radius 1 is 1.26 bits per heavy atom. The molecule has 2 atom stereocenters. The Labute approximate surface area is 121 Å². The van der Waals surface area contributed by atoms with Crippen molar-refractivity contribution in [3.63, 3.8) is 0 Å². The van der Waals surface area contributed by atoms with Gasteiger partial charge >= 0.3 is 0 Å². The summed E-state index contributed by atoms with van der Waals surface area (Å²) < 4.78 is 0. The molecule has 0 heterocycles. The zero-order chi connectivity index (χ0) is 14.1. The Kier molecular flexibility index (Phi) is 7.57. The highest BCUT2D eigenvalue weighted by atomic mass is 35.5. The van der Waals surface area contributed by atoms with Crippen LogP contribution in [0.4, 0.5) is 0 Å². The van der Waals surface area contributed by atoms with Crippen molar-refractivity contribution < 1.29 is 4.79 Å². The van der Waals surface area contributed by atoms with Gasteiger partial charge < -0.3 is 5.32 Å². The third-order valence-corrected chi connectivity index (χ3v) is 3.69. The van der Waals surface area contributed by atoms with Crippen molar-refractivity contribution in [2.45, 2.75) is 39.0 Å². The molecular formula is C16H24ClNO. The van der Waals surface area contributed by atoms with Crippen molar-refractivity contribution >= 4 is 17.5 Å². The molecule has 0 aliphatic heterocycles. The number of alkyl halides is 1. The van der Waals surface area contributed by atoms with Gasteiger partial charge in [-0.15, -0.1) is 11.6 Å². The predicted octanol–water partition coefficient (Wildman–Crippen LogP) is 3.95. The van der Waals surface area contributed by atoms with E-state index in [1.165, 1.54) is 0 Å². The van der Waals surface area contributed by atoms with Crippen molar-refractivity contribution in [1.29, 1.82) is 0 Å². The summed E-state index contributed by atoms with van der Waals surface area (Å²) in [5.74, 6) is 1.16. The zero-order valence-electron chi connectivity index (χ0n) is 11.9. The fraction of sp³-hybridized carbons (Fsp3) is 0.562. The summed E-state index contributed by atoms with van der Waals surface area (Å²) >= 11 is 5.79. The van der Waals surface area contributed by atoms with E-state index in [1.54, 1.807) is 0 Å². The van der Waals surface area contributed by atoms with E-state index in [0.29, 0.717) is 11.8 Å². The van der Waals surface area contributed by atoms with Crippen LogP contribution in [0, 0.1) is 5.92 Å². The largest absolute Gasteiger partial charge is 0.355 e. The van der Waals surface area contributed by atoms with Gasteiger partial charge in [-0.05, 0) is 31.2 Å². The lowest BCUT2D eigenvalue weighted by molar-refractivity contribution is -0.122. The SMILES string of the molecule is CCCC(CCCl)CNC(=O)C(C)c1ccccc1. The fourth-order valence-electron chi connectivity index (χ4n) is 2.20. The summed E-state index contributed by atoms with van der Waals surface area (Å²) in [5, 5.41) is 3.05. The summed E-state index contributed by atoms with van der Waals surface area (Å²) in [6.07, 6.45) is 3.22. The van der Waals surface area contributed by atoms with Crippen LogP contribution in [0.25, 0.3) is 0 Å². The van der Waals surface area contributed by atoms with E-state index in [1.807, 2.05) is 37.3 Å². The van der Waals surface area contributed by atoms with Gasteiger partial charge in [0.1, 0.15) is 0 Å². The highest BCUT2D eigenvalue weighted by Gasteiger charge is 2.16. The normalized spacial score (nSPS) is 13.8. The summed E-state index contributed by atoms with van der Waals surface area (Å²) in [6, 6.07) is 9.88. The summed E-state index contributed by atoms with van der Waals surface area (Å²) in [5.41, 5.74) is 1.06. The van der Waals surface area contributed by atoms with Crippen LogP contribution >= 0.6 is 11.6 Å². The summed E-state index contributed by atoms with van der Waals surface area (Å²) in [6.45, 7) is 4.84. The average molecular weight is 282 g/mol. The van der Waals surface area contributed by atoms with Crippen LogP contribution in [0.2, 0.25) is 0 Å². The third-order valence-electron chi connectivity index (χ3n) is 3.47. The number of hydrogen-bond acceptors (Lipinski definition) is 1. The van der Waals surface area contributed by atoms with E-state index in [2.05, 4.69) is 12.2 Å². The molecule has 0 bridgehead atoms. The van der Waals surface area contributed by atoms with Crippen LogP contribution in [0.15, 0.2) is 30.3 Å².